The van der Waals surface area contributed by atoms with Gasteiger partial charge in [0.25, 0.3) is 0 Å². The van der Waals surface area contributed by atoms with Crippen molar-refractivity contribution in [1.29, 1.82) is 0 Å². The van der Waals surface area contributed by atoms with Crippen molar-refractivity contribution in [2.45, 2.75) is 50.3 Å². The number of ether oxygens (including phenoxy) is 1. The molecule has 2 aliphatic rings. The molecule has 0 aromatic heterocycles. The third kappa shape index (κ3) is 4.86. The smallest absolute Gasteiger partial charge is 0.320 e. The molecule has 1 unspecified atom stereocenters. The van der Waals surface area contributed by atoms with Crippen LogP contribution in [0.3, 0.4) is 0 Å². The number of carbonyl (C=O) groups excluding carboxylic acids is 1. The zero-order valence-corrected chi connectivity index (χ0v) is 15.8. The van der Waals surface area contributed by atoms with Crippen LogP contribution in [0.5, 0.6) is 0 Å². The van der Waals surface area contributed by atoms with Gasteiger partial charge in [0.1, 0.15) is 6.04 Å². The summed E-state index contributed by atoms with van der Waals surface area (Å²) in [5.74, 6) is -0.894. The number of carboxylic acid groups (broad SMARTS) is 1. The van der Waals surface area contributed by atoms with Gasteiger partial charge in [0.05, 0.1) is 12.6 Å². The number of rotatable bonds is 6. The van der Waals surface area contributed by atoms with E-state index in [9.17, 15) is 9.59 Å². The molecule has 0 bridgehead atoms. The molecule has 1 saturated carbocycles. The van der Waals surface area contributed by atoms with Crippen LogP contribution in [0.2, 0.25) is 0 Å². The van der Waals surface area contributed by atoms with Crippen LogP contribution in [0.25, 0.3) is 0 Å². The van der Waals surface area contributed by atoms with Crippen LogP contribution in [-0.4, -0.2) is 66.8 Å². The fraction of sp³-hybridized carbons (Fsp3) is 0.600. The Hall–Kier alpha value is -1.96. The number of nitrogens with zero attached hydrogens (tertiary/aromatic N) is 2. The number of carboxylic acids is 1. The second kappa shape index (κ2) is 8.82. The number of carbonyl (C=O) groups is 2. The Morgan fingerprint density at radius 1 is 1.22 bits per heavy atom. The second-order valence-electron chi connectivity index (χ2n) is 7.50. The highest BCUT2D eigenvalue weighted by Gasteiger charge is 2.32. The van der Waals surface area contributed by atoms with Crippen molar-refractivity contribution in [3.63, 3.8) is 0 Å². The molecule has 1 saturated heterocycles. The molecule has 1 heterocycles. The lowest BCUT2D eigenvalue weighted by molar-refractivity contribution is -0.138. The predicted octanol–water partition coefficient (Wildman–Crippen LogP) is 1.25. The van der Waals surface area contributed by atoms with Crippen LogP contribution < -0.4 is 10.6 Å². The van der Waals surface area contributed by atoms with Crippen molar-refractivity contribution >= 4 is 17.6 Å². The summed E-state index contributed by atoms with van der Waals surface area (Å²) < 4.78 is 5.44. The number of anilines is 1. The van der Waals surface area contributed by atoms with E-state index < -0.39 is 12.0 Å². The van der Waals surface area contributed by atoms with E-state index in [1.165, 1.54) is 0 Å². The number of hydrogen-bond donors (Lipinski definition) is 2. The summed E-state index contributed by atoms with van der Waals surface area (Å²) in [7, 11) is 1.77. The van der Waals surface area contributed by atoms with E-state index in [2.05, 4.69) is 4.90 Å². The summed E-state index contributed by atoms with van der Waals surface area (Å²) in [6.45, 7) is 2.00. The zero-order valence-electron chi connectivity index (χ0n) is 15.8. The average molecular weight is 375 g/mol. The number of aliphatic carboxylic acids is 1. The quantitative estimate of drug-likeness (QED) is 0.777. The minimum Gasteiger partial charge on any atom is -0.480 e. The molecule has 3 rings (SSSR count). The van der Waals surface area contributed by atoms with E-state index >= 15 is 0 Å². The lowest BCUT2D eigenvalue weighted by Crippen LogP contribution is -2.54. The predicted molar refractivity (Wildman–Crippen MR) is 103 cm³/mol. The molecule has 148 valence electrons. The summed E-state index contributed by atoms with van der Waals surface area (Å²) in [4.78, 5) is 27.7. The molecule has 1 aromatic rings. The largest absolute Gasteiger partial charge is 0.480 e. The summed E-state index contributed by atoms with van der Waals surface area (Å²) in [6.07, 6.45) is 4.95. The van der Waals surface area contributed by atoms with E-state index in [1.807, 2.05) is 29.2 Å². The van der Waals surface area contributed by atoms with Crippen molar-refractivity contribution in [3.8, 4) is 0 Å². The Balaban J connectivity index is 1.55. The van der Waals surface area contributed by atoms with Gasteiger partial charge in [-0.1, -0.05) is 12.1 Å². The molecule has 1 aliphatic heterocycles. The van der Waals surface area contributed by atoms with E-state index in [-0.39, 0.29) is 12.3 Å². The van der Waals surface area contributed by atoms with Crippen molar-refractivity contribution in [1.82, 2.24) is 4.90 Å². The van der Waals surface area contributed by atoms with Crippen LogP contribution >= 0.6 is 0 Å². The maximum absolute atomic E-state index is 12.7. The Morgan fingerprint density at radius 2 is 1.89 bits per heavy atom. The maximum atomic E-state index is 12.7. The Kier molecular flexibility index (Phi) is 6.46. The minimum atomic E-state index is -1.01. The number of hydrogen-bond acceptors (Lipinski definition) is 5. The molecule has 1 amide bonds. The van der Waals surface area contributed by atoms with E-state index in [1.54, 1.807) is 7.11 Å². The molecule has 0 spiro atoms. The zero-order chi connectivity index (χ0) is 19.4. The molecule has 7 heteroatoms. The molecule has 7 nitrogen and oxygen atoms in total. The number of methoxy groups -OCH3 is 1. The lowest BCUT2D eigenvalue weighted by Gasteiger charge is -2.41. The monoisotopic (exact) mass is 375 g/mol. The van der Waals surface area contributed by atoms with Crippen molar-refractivity contribution in [3.05, 3.63) is 29.8 Å². The molecule has 1 atom stereocenters. The normalized spacial score (nSPS) is 25.4. The first-order chi connectivity index (χ1) is 13.0. The van der Waals surface area contributed by atoms with Crippen LogP contribution in [0.4, 0.5) is 5.69 Å². The summed E-state index contributed by atoms with van der Waals surface area (Å²) in [5, 5.41) is 8.91. The highest BCUT2D eigenvalue weighted by atomic mass is 16.5. The van der Waals surface area contributed by atoms with Gasteiger partial charge >= 0.3 is 5.97 Å². The van der Waals surface area contributed by atoms with Gasteiger partial charge in [0.2, 0.25) is 5.91 Å². The minimum absolute atomic E-state index is 0.116. The first-order valence-corrected chi connectivity index (χ1v) is 9.62. The van der Waals surface area contributed by atoms with Gasteiger partial charge in [-0.15, -0.1) is 0 Å². The average Bonchev–Trinajstić information content (AvgIpc) is 2.68. The third-order valence-electron chi connectivity index (χ3n) is 5.76. The third-order valence-corrected chi connectivity index (χ3v) is 5.76. The topological polar surface area (TPSA) is 96.1 Å². The van der Waals surface area contributed by atoms with Crippen molar-refractivity contribution in [2.75, 3.05) is 31.6 Å². The van der Waals surface area contributed by atoms with Crippen molar-refractivity contribution in [2.24, 2.45) is 5.73 Å². The molecule has 1 aromatic carbocycles. The van der Waals surface area contributed by atoms with Crippen molar-refractivity contribution < 1.29 is 19.4 Å². The molecule has 2 fully saturated rings. The number of amides is 1. The Morgan fingerprint density at radius 3 is 2.44 bits per heavy atom. The van der Waals surface area contributed by atoms with Gasteiger partial charge in [-0.3, -0.25) is 14.5 Å². The molecule has 0 radical (unpaired) electrons. The van der Waals surface area contributed by atoms with E-state index in [0.29, 0.717) is 25.2 Å². The van der Waals surface area contributed by atoms with Gasteiger partial charge in [-0.2, -0.15) is 0 Å². The van der Waals surface area contributed by atoms with Gasteiger partial charge in [0, 0.05) is 31.9 Å². The molecule has 1 aliphatic carbocycles. The fourth-order valence-electron chi connectivity index (χ4n) is 4.08. The molecule has 3 N–H and O–H groups in total. The standard InChI is InChI=1S/C20H29N3O4/c1-27-17-8-6-15(7-9-17)22-10-11-23(19(24)13-22)16-4-2-14(3-5-16)12-18(21)20(25)26/h2-5,15,17-18H,6-13,21H2,1H3,(H,25,26). The van der Waals surface area contributed by atoms with Gasteiger partial charge < -0.3 is 20.5 Å². The summed E-state index contributed by atoms with van der Waals surface area (Å²) in [6, 6.07) is 7.02. The first-order valence-electron chi connectivity index (χ1n) is 9.62. The second-order valence-corrected chi connectivity index (χ2v) is 7.50. The number of piperazine rings is 1. The number of nitrogens with two attached hydrogens (primary N) is 1. The highest BCUT2D eigenvalue weighted by Crippen LogP contribution is 2.27. The summed E-state index contributed by atoms with van der Waals surface area (Å²) in [5.41, 5.74) is 7.29. The Bertz CT molecular complexity index is 656. The fourth-order valence-corrected chi connectivity index (χ4v) is 4.08. The first kappa shape index (κ1) is 19.8. The van der Waals surface area contributed by atoms with Gasteiger partial charge in [-0.25, -0.2) is 0 Å². The van der Waals surface area contributed by atoms with Crippen LogP contribution in [0, 0.1) is 0 Å². The van der Waals surface area contributed by atoms with E-state index in [4.69, 9.17) is 15.6 Å². The summed E-state index contributed by atoms with van der Waals surface area (Å²) >= 11 is 0. The molecular weight excluding hydrogens is 346 g/mol. The number of benzene rings is 1. The lowest BCUT2D eigenvalue weighted by atomic mass is 9.91. The van der Waals surface area contributed by atoms with Crippen LogP contribution in [0.1, 0.15) is 31.2 Å². The SMILES string of the molecule is COC1CCC(N2CCN(c3ccc(CC(N)C(=O)O)cc3)C(=O)C2)CC1. The Labute approximate surface area is 160 Å². The molecular formula is C20H29N3O4. The molecule has 27 heavy (non-hydrogen) atoms. The highest BCUT2D eigenvalue weighted by molar-refractivity contribution is 5.95. The maximum Gasteiger partial charge on any atom is 0.320 e. The van der Waals surface area contributed by atoms with Gasteiger partial charge in [-0.05, 0) is 49.8 Å². The van der Waals surface area contributed by atoms with Crippen LogP contribution in [0.15, 0.2) is 24.3 Å². The van der Waals surface area contributed by atoms with E-state index in [0.717, 1.165) is 43.5 Å². The van der Waals surface area contributed by atoms with Gasteiger partial charge in [0.15, 0.2) is 0 Å². The van der Waals surface area contributed by atoms with Crippen LogP contribution in [-0.2, 0) is 20.7 Å².